The van der Waals surface area contributed by atoms with Gasteiger partial charge >= 0.3 is 0 Å². The third-order valence-corrected chi connectivity index (χ3v) is 3.03. The molecule has 0 radical (unpaired) electrons. The Hall–Kier alpha value is -1.10. The fraction of sp³-hybridized carbons (Fsp3) is 0.800. The van der Waals surface area contributed by atoms with Crippen LogP contribution in [0.15, 0.2) is 0 Å². The van der Waals surface area contributed by atoms with Crippen molar-refractivity contribution in [2.75, 3.05) is 5.73 Å². The van der Waals surface area contributed by atoms with Crippen molar-refractivity contribution in [2.45, 2.75) is 51.2 Å². The van der Waals surface area contributed by atoms with Crippen LogP contribution in [0.25, 0.3) is 0 Å². The first-order chi connectivity index (χ1) is 7.22. The number of aryl methyl sites for hydroxylation is 1. The molecule has 0 amide bonds. The quantitative estimate of drug-likeness (QED) is 0.760. The van der Waals surface area contributed by atoms with E-state index in [0.29, 0.717) is 5.95 Å². The molecule has 1 aromatic rings. The average molecular weight is 210 g/mol. The largest absolute Gasteiger partial charge is 0.391 e. The van der Waals surface area contributed by atoms with Gasteiger partial charge in [0, 0.05) is 6.42 Å². The number of aliphatic hydroxyl groups excluding tert-OH is 1. The summed E-state index contributed by atoms with van der Waals surface area (Å²) in [6.45, 7) is 2.00. The van der Waals surface area contributed by atoms with E-state index < -0.39 is 0 Å². The molecule has 1 aliphatic rings. The van der Waals surface area contributed by atoms with Crippen molar-refractivity contribution in [1.82, 2.24) is 14.8 Å². The van der Waals surface area contributed by atoms with Crippen LogP contribution in [0, 0.1) is 0 Å². The second kappa shape index (κ2) is 4.18. The topological polar surface area (TPSA) is 77.0 Å². The monoisotopic (exact) mass is 210 g/mol. The van der Waals surface area contributed by atoms with Gasteiger partial charge in [0.15, 0.2) is 5.82 Å². The van der Waals surface area contributed by atoms with E-state index in [2.05, 4.69) is 10.1 Å². The lowest BCUT2D eigenvalue weighted by Crippen LogP contribution is -2.29. The molecule has 0 bridgehead atoms. The van der Waals surface area contributed by atoms with E-state index in [1.807, 2.05) is 6.92 Å². The van der Waals surface area contributed by atoms with E-state index in [1.165, 1.54) is 0 Å². The number of hydrogen-bond acceptors (Lipinski definition) is 4. The second-order valence-electron chi connectivity index (χ2n) is 4.10. The first-order valence-corrected chi connectivity index (χ1v) is 5.61. The number of rotatable bonds is 2. The van der Waals surface area contributed by atoms with Crippen molar-refractivity contribution in [3.05, 3.63) is 5.82 Å². The zero-order valence-electron chi connectivity index (χ0n) is 9.06. The van der Waals surface area contributed by atoms with Crippen molar-refractivity contribution in [3.8, 4) is 0 Å². The van der Waals surface area contributed by atoms with E-state index in [9.17, 15) is 5.11 Å². The van der Waals surface area contributed by atoms with Gasteiger partial charge in [0.2, 0.25) is 5.95 Å². The van der Waals surface area contributed by atoms with Crippen molar-refractivity contribution in [3.63, 3.8) is 0 Å². The Morgan fingerprint density at radius 1 is 1.47 bits per heavy atom. The molecule has 1 saturated carbocycles. The molecule has 0 spiro atoms. The molecule has 0 aliphatic heterocycles. The summed E-state index contributed by atoms with van der Waals surface area (Å²) in [4.78, 5) is 4.16. The van der Waals surface area contributed by atoms with Gasteiger partial charge in [0.05, 0.1) is 12.1 Å². The molecule has 2 rings (SSSR count). The third kappa shape index (κ3) is 1.97. The summed E-state index contributed by atoms with van der Waals surface area (Å²) in [6, 6.07) is 0.0200. The molecule has 2 atom stereocenters. The fourth-order valence-electron chi connectivity index (χ4n) is 2.15. The van der Waals surface area contributed by atoms with Crippen LogP contribution in [0.3, 0.4) is 0 Å². The molecular formula is C10H18N4O. The molecular weight excluding hydrogens is 192 g/mol. The second-order valence-corrected chi connectivity index (χ2v) is 4.10. The molecule has 5 nitrogen and oxygen atoms in total. The summed E-state index contributed by atoms with van der Waals surface area (Å²) in [7, 11) is 0. The Balaban J connectivity index is 2.23. The first kappa shape index (κ1) is 10.4. The van der Waals surface area contributed by atoms with Gasteiger partial charge in [-0.15, -0.1) is 0 Å². The number of nitrogens with two attached hydrogens (primary N) is 1. The van der Waals surface area contributed by atoms with Gasteiger partial charge in [-0.2, -0.15) is 10.1 Å². The highest BCUT2D eigenvalue weighted by Gasteiger charge is 2.27. The predicted octanol–water partition coefficient (Wildman–Crippen LogP) is 0.899. The summed E-state index contributed by atoms with van der Waals surface area (Å²) >= 11 is 0. The molecule has 1 aromatic heterocycles. The van der Waals surface area contributed by atoms with Gasteiger partial charge in [0.1, 0.15) is 0 Å². The normalized spacial score (nSPS) is 26.8. The Morgan fingerprint density at radius 3 is 2.80 bits per heavy atom. The molecule has 15 heavy (non-hydrogen) atoms. The van der Waals surface area contributed by atoms with Gasteiger partial charge < -0.3 is 10.8 Å². The Kier molecular flexibility index (Phi) is 2.90. The summed E-state index contributed by atoms with van der Waals surface area (Å²) < 4.78 is 1.70. The van der Waals surface area contributed by atoms with Gasteiger partial charge in [0.25, 0.3) is 0 Å². The SMILES string of the molecule is CCc1nc(N)n(C2CCCCC2O)n1. The first-order valence-electron chi connectivity index (χ1n) is 5.61. The standard InChI is InChI=1S/C10H18N4O/c1-2-9-12-10(11)14(13-9)7-5-3-4-6-8(7)15/h7-8,15H,2-6H2,1H3,(H2,11,12,13). The highest BCUT2D eigenvalue weighted by atomic mass is 16.3. The predicted molar refractivity (Wildman–Crippen MR) is 57.3 cm³/mol. The number of aromatic nitrogens is 3. The Labute approximate surface area is 89.3 Å². The van der Waals surface area contributed by atoms with E-state index >= 15 is 0 Å². The van der Waals surface area contributed by atoms with Crippen molar-refractivity contribution < 1.29 is 5.11 Å². The molecule has 1 aliphatic carbocycles. The number of nitrogens with zero attached hydrogens (tertiary/aromatic N) is 3. The van der Waals surface area contributed by atoms with E-state index in [4.69, 9.17) is 5.73 Å². The van der Waals surface area contributed by atoms with Crippen LogP contribution in [-0.2, 0) is 6.42 Å². The third-order valence-electron chi connectivity index (χ3n) is 3.03. The Bertz CT molecular complexity index is 336. The van der Waals surface area contributed by atoms with Crippen molar-refractivity contribution >= 4 is 5.95 Å². The van der Waals surface area contributed by atoms with Crippen LogP contribution in [0.1, 0.15) is 44.5 Å². The lowest BCUT2D eigenvalue weighted by Gasteiger charge is -2.27. The zero-order valence-corrected chi connectivity index (χ0v) is 9.06. The maximum absolute atomic E-state index is 9.88. The summed E-state index contributed by atoms with van der Waals surface area (Å²) in [5.74, 6) is 1.18. The van der Waals surface area contributed by atoms with E-state index in [1.54, 1.807) is 4.68 Å². The summed E-state index contributed by atoms with van der Waals surface area (Å²) in [5.41, 5.74) is 5.79. The minimum absolute atomic E-state index is 0.0200. The van der Waals surface area contributed by atoms with Crippen LogP contribution in [0.5, 0.6) is 0 Å². The zero-order chi connectivity index (χ0) is 10.8. The molecule has 1 fully saturated rings. The van der Waals surface area contributed by atoms with Crippen molar-refractivity contribution in [2.24, 2.45) is 0 Å². The number of anilines is 1. The highest BCUT2D eigenvalue weighted by molar-refractivity contribution is 5.17. The highest BCUT2D eigenvalue weighted by Crippen LogP contribution is 2.29. The van der Waals surface area contributed by atoms with Crippen molar-refractivity contribution in [1.29, 1.82) is 0 Å². The van der Waals surface area contributed by atoms with Gasteiger partial charge in [-0.25, -0.2) is 4.68 Å². The molecule has 3 N–H and O–H groups in total. The molecule has 84 valence electrons. The van der Waals surface area contributed by atoms with Gasteiger partial charge in [-0.3, -0.25) is 0 Å². The minimum atomic E-state index is -0.326. The summed E-state index contributed by atoms with van der Waals surface area (Å²) in [6.07, 6.45) is 4.45. The number of aliphatic hydroxyl groups is 1. The van der Waals surface area contributed by atoms with Crippen LogP contribution in [-0.4, -0.2) is 26.0 Å². The van der Waals surface area contributed by atoms with Gasteiger partial charge in [-0.1, -0.05) is 19.8 Å². The van der Waals surface area contributed by atoms with Crippen LogP contribution >= 0.6 is 0 Å². The number of nitrogen functional groups attached to an aromatic ring is 1. The number of hydrogen-bond donors (Lipinski definition) is 2. The Morgan fingerprint density at radius 2 is 2.20 bits per heavy atom. The minimum Gasteiger partial charge on any atom is -0.391 e. The maximum atomic E-state index is 9.88. The van der Waals surface area contributed by atoms with Crippen LogP contribution < -0.4 is 5.73 Å². The van der Waals surface area contributed by atoms with E-state index in [-0.39, 0.29) is 12.1 Å². The lowest BCUT2D eigenvalue weighted by atomic mass is 9.93. The summed E-state index contributed by atoms with van der Waals surface area (Å²) in [5, 5.41) is 14.2. The molecule has 0 aromatic carbocycles. The molecule has 0 saturated heterocycles. The fourth-order valence-corrected chi connectivity index (χ4v) is 2.15. The van der Waals surface area contributed by atoms with E-state index in [0.717, 1.165) is 37.9 Å². The maximum Gasteiger partial charge on any atom is 0.219 e. The van der Waals surface area contributed by atoms with Crippen LogP contribution in [0.2, 0.25) is 0 Å². The van der Waals surface area contributed by atoms with Gasteiger partial charge in [-0.05, 0) is 12.8 Å². The average Bonchev–Trinajstić information content (AvgIpc) is 2.60. The molecule has 2 unspecified atom stereocenters. The smallest absolute Gasteiger partial charge is 0.219 e. The lowest BCUT2D eigenvalue weighted by molar-refractivity contribution is 0.0703. The van der Waals surface area contributed by atoms with Crippen LogP contribution in [0.4, 0.5) is 5.95 Å². The molecule has 1 heterocycles. The molecule has 5 heteroatoms.